The molecule has 0 saturated heterocycles. The number of benzene rings is 1. The molecule has 1 aromatic carbocycles. The number of carbonyl (C=O) groups is 3. The van der Waals surface area contributed by atoms with Crippen molar-refractivity contribution in [2.75, 3.05) is 25.0 Å². The molecule has 0 aliphatic carbocycles. The second kappa shape index (κ2) is 11.0. The highest BCUT2D eigenvalue weighted by molar-refractivity contribution is 6.00. The van der Waals surface area contributed by atoms with Gasteiger partial charge in [0.15, 0.2) is 5.96 Å². The number of pyridine rings is 1. The van der Waals surface area contributed by atoms with Gasteiger partial charge in [-0.2, -0.15) is 0 Å². The van der Waals surface area contributed by atoms with E-state index in [9.17, 15) is 24.6 Å². The van der Waals surface area contributed by atoms with E-state index < -0.39 is 24.0 Å². The summed E-state index contributed by atoms with van der Waals surface area (Å²) >= 11 is 0. The molecular weight excluding hydrogens is 428 g/mol. The number of aromatic nitrogens is 1. The van der Waals surface area contributed by atoms with Gasteiger partial charge in [0, 0.05) is 42.7 Å². The van der Waals surface area contributed by atoms with Crippen LogP contribution in [0.15, 0.2) is 47.7 Å². The van der Waals surface area contributed by atoms with E-state index in [1.165, 1.54) is 25.1 Å². The minimum Gasteiger partial charge on any atom is -0.508 e. The van der Waals surface area contributed by atoms with Crippen LogP contribution in [0.1, 0.15) is 35.3 Å². The Morgan fingerprint density at radius 1 is 1.27 bits per heavy atom. The largest absolute Gasteiger partial charge is 0.508 e. The maximum atomic E-state index is 12.5. The van der Waals surface area contributed by atoms with Crippen LogP contribution in [-0.4, -0.2) is 64.5 Å². The number of anilines is 1. The van der Waals surface area contributed by atoms with E-state index in [0.717, 1.165) is 0 Å². The van der Waals surface area contributed by atoms with Crippen molar-refractivity contribution >= 4 is 29.2 Å². The molecule has 0 fully saturated rings. The van der Waals surface area contributed by atoms with Gasteiger partial charge in [0.25, 0.3) is 5.91 Å². The van der Waals surface area contributed by atoms with Crippen molar-refractivity contribution in [2.24, 2.45) is 4.99 Å². The third-order valence-corrected chi connectivity index (χ3v) is 4.73. The zero-order valence-corrected chi connectivity index (χ0v) is 18.0. The lowest BCUT2D eigenvalue weighted by molar-refractivity contribution is -0.121. The van der Waals surface area contributed by atoms with E-state index >= 15 is 0 Å². The zero-order valence-electron chi connectivity index (χ0n) is 18.0. The highest BCUT2D eigenvalue weighted by Crippen LogP contribution is 2.20. The van der Waals surface area contributed by atoms with Gasteiger partial charge in [-0.05, 0) is 30.7 Å². The van der Waals surface area contributed by atoms with Gasteiger partial charge in [-0.1, -0.05) is 6.07 Å². The van der Waals surface area contributed by atoms with Crippen LogP contribution in [0.25, 0.3) is 0 Å². The summed E-state index contributed by atoms with van der Waals surface area (Å²) in [6, 6.07) is 7.09. The van der Waals surface area contributed by atoms with Crippen LogP contribution in [0.4, 0.5) is 5.69 Å². The van der Waals surface area contributed by atoms with Gasteiger partial charge in [-0.25, -0.2) is 0 Å². The topological polar surface area (TPSA) is 165 Å². The Hall–Kier alpha value is -3.99. The third kappa shape index (κ3) is 7.28. The molecule has 0 saturated carbocycles. The van der Waals surface area contributed by atoms with Crippen molar-refractivity contribution in [3.8, 4) is 5.75 Å². The predicted octanol–water partition coefficient (Wildman–Crippen LogP) is 0.0856. The molecule has 0 bridgehead atoms. The summed E-state index contributed by atoms with van der Waals surface area (Å²) in [5.74, 6) is -0.883. The SMILES string of the molecule is CC(=O)CC(NC(=O)CNC(=O)c1cc(O)cc(NC2=NCC(O)CN2)c1)c1cccnc1. The molecule has 6 N–H and O–H groups in total. The Morgan fingerprint density at radius 3 is 2.76 bits per heavy atom. The number of rotatable bonds is 8. The van der Waals surface area contributed by atoms with Crippen molar-refractivity contribution in [3.05, 3.63) is 53.9 Å². The van der Waals surface area contributed by atoms with Crippen LogP contribution < -0.4 is 21.3 Å². The molecule has 0 radical (unpaired) electrons. The zero-order chi connectivity index (χ0) is 23.8. The number of aliphatic hydroxyl groups is 1. The lowest BCUT2D eigenvalue weighted by Gasteiger charge is -2.20. The van der Waals surface area contributed by atoms with Crippen molar-refractivity contribution in [2.45, 2.75) is 25.5 Å². The van der Waals surface area contributed by atoms with Gasteiger partial charge in [0.1, 0.15) is 11.5 Å². The smallest absolute Gasteiger partial charge is 0.251 e. The number of β-amino-alcohol motifs (C(OH)–C–C–N with tert-alkyl or cyclic N) is 1. The number of carbonyl (C=O) groups excluding carboxylic acids is 3. The molecule has 33 heavy (non-hydrogen) atoms. The number of phenolic OH excluding ortho intramolecular Hbond substituents is 1. The summed E-state index contributed by atoms with van der Waals surface area (Å²) in [6.45, 7) is 1.68. The molecular formula is C22H26N6O5. The van der Waals surface area contributed by atoms with Crippen molar-refractivity contribution in [1.82, 2.24) is 20.9 Å². The van der Waals surface area contributed by atoms with Crippen LogP contribution in [0.3, 0.4) is 0 Å². The minimum atomic E-state index is -0.569. The quantitative estimate of drug-likeness (QED) is 0.326. The fraction of sp³-hybridized carbons (Fsp3) is 0.318. The molecule has 0 spiro atoms. The molecule has 1 aromatic heterocycles. The standard InChI is InChI=1S/C22H26N6O5/c1-13(29)5-19(14-3-2-4-23-9-14)28-20(32)12-24-21(33)15-6-16(8-17(30)7-15)27-22-25-10-18(31)11-26-22/h2-4,6-9,18-19,30-31H,5,10-12H2,1H3,(H,24,33)(H,28,32)(H2,25,26,27). The number of aliphatic imine (C=N–C) groups is 1. The first-order chi connectivity index (χ1) is 15.8. The average Bonchev–Trinajstić information content (AvgIpc) is 2.78. The average molecular weight is 454 g/mol. The molecule has 1 aliphatic heterocycles. The maximum absolute atomic E-state index is 12.5. The number of ketones is 1. The third-order valence-electron chi connectivity index (χ3n) is 4.73. The maximum Gasteiger partial charge on any atom is 0.251 e. The monoisotopic (exact) mass is 454 g/mol. The first-order valence-electron chi connectivity index (χ1n) is 10.3. The molecule has 11 heteroatoms. The number of hydrogen-bond acceptors (Lipinski definition) is 9. The van der Waals surface area contributed by atoms with E-state index in [0.29, 0.717) is 23.8 Å². The molecule has 2 amide bonds. The van der Waals surface area contributed by atoms with E-state index in [2.05, 4.69) is 31.2 Å². The second-order valence-electron chi connectivity index (χ2n) is 7.61. The van der Waals surface area contributed by atoms with E-state index in [4.69, 9.17) is 0 Å². The Labute approximate surface area is 190 Å². The Balaban J connectivity index is 1.59. The lowest BCUT2D eigenvalue weighted by atomic mass is 10.0. The van der Waals surface area contributed by atoms with Gasteiger partial charge in [-0.15, -0.1) is 0 Å². The van der Waals surface area contributed by atoms with Crippen molar-refractivity contribution in [1.29, 1.82) is 0 Å². The summed E-state index contributed by atoms with van der Waals surface area (Å²) in [5.41, 5.74) is 1.22. The van der Waals surface area contributed by atoms with Crippen LogP contribution in [0, 0.1) is 0 Å². The summed E-state index contributed by atoms with van der Waals surface area (Å²) in [4.78, 5) is 44.7. The van der Waals surface area contributed by atoms with Crippen LogP contribution in [0.5, 0.6) is 5.75 Å². The summed E-state index contributed by atoms with van der Waals surface area (Å²) < 4.78 is 0. The van der Waals surface area contributed by atoms with Gasteiger partial charge >= 0.3 is 0 Å². The first-order valence-corrected chi connectivity index (χ1v) is 10.3. The molecule has 2 atom stereocenters. The van der Waals surface area contributed by atoms with Crippen molar-refractivity contribution in [3.63, 3.8) is 0 Å². The van der Waals surface area contributed by atoms with E-state index in [1.54, 1.807) is 24.5 Å². The number of nitrogens with zero attached hydrogens (tertiary/aromatic N) is 2. The number of aromatic hydroxyl groups is 1. The number of guanidine groups is 1. The van der Waals surface area contributed by atoms with Gasteiger partial charge in [0.05, 0.1) is 25.2 Å². The Kier molecular flexibility index (Phi) is 7.92. The van der Waals surface area contributed by atoms with Gasteiger partial charge in [0.2, 0.25) is 5.91 Å². The minimum absolute atomic E-state index is 0.0976. The normalized spacial score (nSPS) is 16.1. The lowest BCUT2D eigenvalue weighted by Crippen LogP contribution is -2.42. The number of nitrogens with one attached hydrogen (secondary N) is 4. The second-order valence-corrected chi connectivity index (χ2v) is 7.61. The number of aliphatic hydroxyl groups excluding tert-OH is 1. The fourth-order valence-corrected chi connectivity index (χ4v) is 3.20. The molecule has 2 heterocycles. The fourth-order valence-electron chi connectivity index (χ4n) is 3.20. The van der Waals surface area contributed by atoms with Crippen molar-refractivity contribution < 1.29 is 24.6 Å². The molecule has 11 nitrogen and oxygen atoms in total. The summed E-state index contributed by atoms with van der Waals surface area (Å²) in [5, 5.41) is 30.5. The summed E-state index contributed by atoms with van der Waals surface area (Å²) in [7, 11) is 0. The Bertz CT molecular complexity index is 1040. The molecule has 3 rings (SSSR count). The van der Waals surface area contributed by atoms with Crippen LogP contribution in [-0.2, 0) is 9.59 Å². The molecule has 174 valence electrons. The van der Waals surface area contributed by atoms with Gasteiger partial charge < -0.3 is 31.5 Å². The highest BCUT2D eigenvalue weighted by atomic mass is 16.3. The molecule has 2 unspecified atom stereocenters. The van der Waals surface area contributed by atoms with Crippen LogP contribution >= 0.6 is 0 Å². The highest BCUT2D eigenvalue weighted by Gasteiger charge is 2.18. The van der Waals surface area contributed by atoms with Crippen LogP contribution in [0.2, 0.25) is 0 Å². The van der Waals surface area contributed by atoms with E-state index in [1.807, 2.05) is 0 Å². The molecule has 2 aromatic rings. The van der Waals surface area contributed by atoms with E-state index in [-0.39, 0.29) is 36.6 Å². The number of hydrogen-bond donors (Lipinski definition) is 6. The molecule has 1 aliphatic rings. The predicted molar refractivity (Wildman–Crippen MR) is 121 cm³/mol. The summed E-state index contributed by atoms with van der Waals surface area (Å²) in [6.07, 6.45) is 2.69. The number of phenols is 1. The Morgan fingerprint density at radius 2 is 2.09 bits per heavy atom. The first kappa shape index (κ1) is 23.7. The number of Topliss-reactive ketones (excluding diaryl/α,β-unsaturated/α-hetero) is 1. The number of amides is 2. The van der Waals surface area contributed by atoms with Gasteiger partial charge in [-0.3, -0.25) is 24.4 Å².